The van der Waals surface area contributed by atoms with Crippen molar-refractivity contribution in [2.45, 2.75) is 85.0 Å². The lowest BCUT2D eigenvalue weighted by atomic mass is 9.98. The summed E-state index contributed by atoms with van der Waals surface area (Å²) in [5, 5.41) is 16.5. The number of carbonyl (C=O) groups is 1. The lowest BCUT2D eigenvalue weighted by molar-refractivity contribution is -0.172. The molecule has 5 nitrogen and oxygen atoms in total. The van der Waals surface area contributed by atoms with E-state index in [0.717, 1.165) is 25.7 Å². The molecule has 0 amide bonds. The fraction of sp³-hybridized carbons (Fsp3) is 0.938. The molecule has 1 aliphatic rings. The molecule has 128 valence electrons. The lowest BCUT2D eigenvalue weighted by Gasteiger charge is -2.14. The molecule has 5 heteroatoms. The molecule has 0 heterocycles. The van der Waals surface area contributed by atoms with Gasteiger partial charge in [-0.15, -0.1) is 0 Å². The standard InChI is InChI=1S/C8H16O3.C6H12O.C2H6O/c1-4-5-6-10-8(3)11-7(2)9;7-6-4-2-1-3-5-6;1-2-3/h8H,4-6H2,1-3H3;6-7H,1-5H2;3H,2H2,1H3. The summed E-state index contributed by atoms with van der Waals surface area (Å²) in [5.74, 6) is -0.297. The Hall–Kier alpha value is -0.650. The fourth-order valence-electron chi connectivity index (χ4n) is 1.74. The molecule has 0 radical (unpaired) electrons. The molecule has 2 N–H and O–H groups in total. The van der Waals surface area contributed by atoms with Crippen LogP contribution in [-0.2, 0) is 14.3 Å². The van der Waals surface area contributed by atoms with Gasteiger partial charge in [0, 0.05) is 13.5 Å². The van der Waals surface area contributed by atoms with Gasteiger partial charge in [0.15, 0.2) is 6.29 Å². The maximum atomic E-state index is 10.4. The number of hydrogen-bond donors (Lipinski definition) is 2. The highest BCUT2D eigenvalue weighted by Crippen LogP contribution is 2.16. The molecule has 0 aromatic rings. The molecule has 1 atom stereocenters. The normalized spacial score (nSPS) is 15.9. The maximum Gasteiger partial charge on any atom is 0.304 e. The van der Waals surface area contributed by atoms with Crippen LogP contribution in [-0.4, -0.2) is 41.8 Å². The van der Waals surface area contributed by atoms with Gasteiger partial charge < -0.3 is 19.7 Å². The van der Waals surface area contributed by atoms with Gasteiger partial charge in [0.05, 0.1) is 12.7 Å². The average Bonchev–Trinajstić information content (AvgIpc) is 2.40. The number of ether oxygens (including phenoxy) is 2. The Morgan fingerprint density at radius 3 is 2.10 bits per heavy atom. The Labute approximate surface area is 129 Å². The summed E-state index contributed by atoms with van der Waals surface area (Å²) in [4.78, 5) is 10.4. The first kappa shape index (κ1) is 22.6. The summed E-state index contributed by atoms with van der Waals surface area (Å²) >= 11 is 0. The van der Waals surface area contributed by atoms with E-state index in [-0.39, 0.29) is 18.7 Å². The molecule has 21 heavy (non-hydrogen) atoms. The van der Waals surface area contributed by atoms with Crippen molar-refractivity contribution in [1.82, 2.24) is 0 Å². The van der Waals surface area contributed by atoms with E-state index >= 15 is 0 Å². The van der Waals surface area contributed by atoms with E-state index in [1.54, 1.807) is 13.8 Å². The molecule has 0 bridgehead atoms. The highest BCUT2D eigenvalue weighted by molar-refractivity contribution is 5.65. The zero-order chi connectivity index (χ0) is 16.5. The number of hydrogen-bond acceptors (Lipinski definition) is 5. The van der Waals surface area contributed by atoms with Crippen LogP contribution < -0.4 is 0 Å². The van der Waals surface area contributed by atoms with Crippen molar-refractivity contribution in [1.29, 1.82) is 0 Å². The Balaban J connectivity index is 0. The van der Waals surface area contributed by atoms with E-state index in [9.17, 15) is 4.79 Å². The number of carbonyl (C=O) groups excluding carboxylic acids is 1. The Kier molecular flexibility index (Phi) is 18.8. The second-order valence-corrected chi connectivity index (χ2v) is 5.01. The third-order valence-electron chi connectivity index (χ3n) is 2.76. The van der Waals surface area contributed by atoms with Crippen molar-refractivity contribution < 1.29 is 24.5 Å². The minimum Gasteiger partial charge on any atom is -0.436 e. The van der Waals surface area contributed by atoms with Crippen molar-refractivity contribution in [2.75, 3.05) is 13.2 Å². The van der Waals surface area contributed by atoms with Crippen LogP contribution in [0.25, 0.3) is 0 Å². The molecular weight excluding hydrogens is 272 g/mol. The molecule has 0 aromatic carbocycles. The zero-order valence-corrected chi connectivity index (χ0v) is 14.1. The molecule has 0 spiro atoms. The monoisotopic (exact) mass is 306 g/mol. The number of aliphatic hydroxyl groups excluding tert-OH is 2. The van der Waals surface area contributed by atoms with Crippen LogP contribution in [0.2, 0.25) is 0 Å². The Bertz CT molecular complexity index is 215. The van der Waals surface area contributed by atoms with E-state index in [1.807, 2.05) is 0 Å². The predicted octanol–water partition coefficient (Wildman–Crippen LogP) is 3.02. The van der Waals surface area contributed by atoms with Gasteiger partial charge in [-0.2, -0.15) is 0 Å². The van der Waals surface area contributed by atoms with Gasteiger partial charge in [-0.05, 0) is 33.1 Å². The predicted molar refractivity (Wildman–Crippen MR) is 83.9 cm³/mol. The van der Waals surface area contributed by atoms with E-state index in [1.165, 1.54) is 26.2 Å². The van der Waals surface area contributed by atoms with Crippen LogP contribution in [0.3, 0.4) is 0 Å². The van der Waals surface area contributed by atoms with Gasteiger partial charge in [-0.25, -0.2) is 0 Å². The Morgan fingerprint density at radius 2 is 1.76 bits per heavy atom. The summed E-state index contributed by atoms with van der Waals surface area (Å²) in [6, 6.07) is 0. The first-order valence-electron chi connectivity index (χ1n) is 8.05. The van der Waals surface area contributed by atoms with Crippen LogP contribution in [0.5, 0.6) is 0 Å². The van der Waals surface area contributed by atoms with Gasteiger partial charge >= 0.3 is 5.97 Å². The van der Waals surface area contributed by atoms with Crippen LogP contribution in [0.4, 0.5) is 0 Å². The SMILES string of the molecule is CCCCOC(C)OC(C)=O.CCO.OC1CCCCC1. The largest absolute Gasteiger partial charge is 0.436 e. The van der Waals surface area contributed by atoms with Gasteiger partial charge in [-0.1, -0.05) is 32.6 Å². The van der Waals surface area contributed by atoms with Crippen molar-refractivity contribution in [2.24, 2.45) is 0 Å². The summed E-state index contributed by atoms with van der Waals surface area (Å²) in [5.41, 5.74) is 0. The number of unbranched alkanes of at least 4 members (excludes halogenated alkanes) is 1. The van der Waals surface area contributed by atoms with Crippen molar-refractivity contribution in [3.8, 4) is 0 Å². The van der Waals surface area contributed by atoms with Gasteiger partial charge in [-0.3, -0.25) is 4.79 Å². The third-order valence-corrected chi connectivity index (χ3v) is 2.76. The number of rotatable bonds is 5. The first-order valence-corrected chi connectivity index (χ1v) is 8.05. The van der Waals surface area contributed by atoms with E-state index in [0.29, 0.717) is 6.61 Å². The average molecular weight is 306 g/mol. The molecule has 0 aliphatic heterocycles. The third kappa shape index (κ3) is 21.8. The smallest absolute Gasteiger partial charge is 0.304 e. The zero-order valence-electron chi connectivity index (χ0n) is 14.1. The Morgan fingerprint density at radius 1 is 1.24 bits per heavy atom. The molecule has 1 unspecified atom stereocenters. The molecular formula is C16H34O5. The maximum absolute atomic E-state index is 10.4. The van der Waals surface area contributed by atoms with E-state index < -0.39 is 6.29 Å². The molecule has 1 rings (SSSR count). The minimum atomic E-state index is -0.404. The van der Waals surface area contributed by atoms with E-state index in [4.69, 9.17) is 19.7 Å². The highest BCUT2D eigenvalue weighted by atomic mass is 16.7. The summed E-state index contributed by atoms with van der Waals surface area (Å²) in [7, 11) is 0. The summed E-state index contributed by atoms with van der Waals surface area (Å²) < 4.78 is 9.89. The minimum absolute atomic E-state index is 0.0359. The lowest BCUT2D eigenvalue weighted by Crippen LogP contribution is -2.16. The fourth-order valence-corrected chi connectivity index (χ4v) is 1.74. The number of esters is 1. The van der Waals surface area contributed by atoms with Crippen molar-refractivity contribution in [3.63, 3.8) is 0 Å². The van der Waals surface area contributed by atoms with Crippen LogP contribution >= 0.6 is 0 Å². The van der Waals surface area contributed by atoms with Crippen molar-refractivity contribution in [3.05, 3.63) is 0 Å². The van der Waals surface area contributed by atoms with Gasteiger partial charge in [0.25, 0.3) is 0 Å². The quantitative estimate of drug-likeness (QED) is 0.464. The topological polar surface area (TPSA) is 76.0 Å². The van der Waals surface area contributed by atoms with E-state index in [2.05, 4.69) is 6.92 Å². The molecule has 1 saturated carbocycles. The first-order chi connectivity index (χ1) is 9.97. The summed E-state index contributed by atoms with van der Waals surface area (Å²) in [6.45, 7) is 7.77. The second kappa shape index (κ2) is 17.4. The highest BCUT2D eigenvalue weighted by Gasteiger charge is 2.07. The molecule has 1 fully saturated rings. The van der Waals surface area contributed by atoms with Crippen LogP contribution in [0.15, 0.2) is 0 Å². The number of aliphatic hydroxyl groups is 2. The van der Waals surface area contributed by atoms with Crippen molar-refractivity contribution >= 4 is 5.97 Å². The summed E-state index contributed by atoms with van der Waals surface area (Å²) in [6.07, 6.45) is 7.62. The van der Waals surface area contributed by atoms with Gasteiger partial charge in [0.1, 0.15) is 0 Å². The molecule has 1 aliphatic carbocycles. The molecule has 0 saturated heterocycles. The van der Waals surface area contributed by atoms with Gasteiger partial charge in [0.2, 0.25) is 0 Å². The van der Waals surface area contributed by atoms with Crippen LogP contribution in [0.1, 0.15) is 72.6 Å². The second-order valence-electron chi connectivity index (χ2n) is 5.01. The van der Waals surface area contributed by atoms with Crippen LogP contribution in [0, 0.1) is 0 Å². The molecule has 0 aromatic heterocycles.